The molecular formula is C18H13F4N3O4S2. The van der Waals surface area contributed by atoms with Gasteiger partial charge in [0.05, 0.1) is 10.6 Å². The summed E-state index contributed by atoms with van der Waals surface area (Å²) in [6.07, 6.45) is -4.83. The number of nitrogens with one attached hydrogen (secondary N) is 2. The molecule has 0 atom stereocenters. The molecule has 13 heteroatoms. The van der Waals surface area contributed by atoms with E-state index >= 15 is 0 Å². The Balaban J connectivity index is 1.71. The molecule has 0 aliphatic heterocycles. The highest BCUT2D eigenvalue weighted by Crippen LogP contribution is 2.27. The second-order valence-electron chi connectivity index (χ2n) is 6.02. The standard InChI is InChI=1S/C18H13F4N3O4S2/c1-10-15(16(26)24-12-4-6-13(7-5-12)29-18(20,21)22)30-17(23-10)25-31(27,28)14-8-2-11(19)3-9-14/h2-9H,1H3,(H,23,25)(H,24,26). The predicted octanol–water partition coefficient (Wildman–Crippen LogP) is 4.54. The van der Waals surface area contributed by atoms with E-state index in [2.05, 4.69) is 19.8 Å². The number of aryl methyl sites for hydroxylation is 1. The summed E-state index contributed by atoms with van der Waals surface area (Å²) < 4.78 is 80.3. The van der Waals surface area contributed by atoms with Crippen LogP contribution < -0.4 is 14.8 Å². The van der Waals surface area contributed by atoms with Gasteiger partial charge in [-0.1, -0.05) is 11.3 Å². The van der Waals surface area contributed by atoms with E-state index in [4.69, 9.17) is 0 Å². The van der Waals surface area contributed by atoms with Crippen LogP contribution in [0.3, 0.4) is 0 Å². The van der Waals surface area contributed by atoms with Gasteiger partial charge in [0.1, 0.15) is 16.4 Å². The van der Waals surface area contributed by atoms with Gasteiger partial charge in [0.2, 0.25) is 0 Å². The minimum atomic E-state index is -4.83. The van der Waals surface area contributed by atoms with Crippen molar-refractivity contribution in [3.8, 4) is 5.75 Å². The van der Waals surface area contributed by atoms with Crippen LogP contribution in [0.25, 0.3) is 0 Å². The van der Waals surface area contributed by atoms with Gasteiger partial charge in [-0.25, -0.2) is 17.8 Å². The fourth-order valence-corrected chi connectivity index (χ4v) is 4.46. The maximum Gasteiger partial charge on any atom is 0.573 e. The number of sulfonamides is 1. The molecule has 0 unspecified atom stereocenters. The molecule has 3 aromatic rings. The number of benzene rings is 2. The predicted molar refractivity (Wildman–Crippen MR) is 105 cm³/mol. The lowest BCUT2D eigenvalue weighted by atomic mass is 10.3. The molecule has 0 aliphatic carbocycles. The van der Waals surface area contributed by atoms with Crippen LogP contribution in [0.15, 0.2) is 53.4 Å². The fraction of sp³-hybridized carbons (Fsp3) is 0.111. The van der Waals surface area contributed by atoms with Crippen molar-refractivity contribution in [3.05, 3.63) is 64.9 Å². The van der Waals surface area contributed by atoms with E-state index in [1.165, 1.54) is 19.1 Å². The molecule has 0 saturated heterocycles. The van der Waals surface area contributed by atoms with E-state index in [1.807, 2.05) is 0 Å². The highest BCUT2D eigenvalue weighted by atomic mass is 32.2. The second-order valence-corrected chi connectivity index (χ2v) is 8.70. The number of halogens is 4. The number of aromatic nitrogens is 1. The average molecular weight is 475 g/mol. The lowest BCUT2D eigenvalue weighted by molar-refractivity contribution is -0.274. The number of nitrogens with zero attached hydrogens (tertiary/aromatic N) is 1. The zero-order valence-electron chi connectivity index (χ0n) is 15.5. The maximum absolute atomic E-state index is 13.0. The van der Waals surface area contributed by atoms with E-state index in [0.29, 0.717) is 0 Å². The molecule has 0 fully saturated rings. The maximum atomic E-state index is 13.0. The molecule has 31 heavy (non-hydrogen) atoms. The zero-order valence-corrected chi connectivity index (χ0v) is 17.2. The Morgan fingerprint density at radius 1 is 1.06 bits per heavy atom. The minimum Gasteiger partial charge on any atom is -0.406 e. The third-order valence-corrected chi connectivity index (χ3v) is 6.25. The Labute approximate surface area is 177 Å². The third-order valence-electron chi connectivity index (χ3n) is 3.69. The van der Waals surface area contributed by atoms with Crippen LogP contribution >= 0.6 is 11.3 Å². The van der Waals surface area contributed by atoms with Crippen LogP contribution in [0.2, 0.25) is 0 Å². The Morgan fingerprint density at radius 2 is 1.68 bits per heavy atom. The molecule has 0 spiro atoms. The van der Waals surface area contributed by atoms with E-state index in [-0.39, 0.29) is 26.3 Å². The smallest absolute Gasteiger partial charge is 0.406 e. The van der Waals surface area contributed by atoms with Crippen LogP contribution in [0.4, 0.5) is 28.4 Å². The monoisotopic (exact) mass is 475 g/mol. The highest BCUT2D eigenvalue weighted by Gasteiger charge is 2.31. The molecule has 164 valence electrons. The summed E-state index contributed by atoms with van der Waals surface area (Å²) in [5.74, 6) is -1.68. The lowest BCUT2D eigenvalue weighted by Crippen LogP contribution is -2.17. The van der Waals surface area contributed by atoms with Crippen LogP contribution in [-0.4, -0.2) is 25.7 Å². The van der Waals surface area contributed by atoms with Crippen molar-refractivity contribution < 1.29 is 35.5 Å². The number of amides is 1. The summed E-state index contributed by atoms with van der Waals surface area (Å²) in [5.41, 5.74) is 0.428. The van der Waals surface area contributed by atoms with E-state index in [9.17, 15) is 30.8 Å². The van der Waals surface area contributed by atoms with Crippen LogP contribution in [0, 0.1) is 12.7 Å². The van der Waals surface area contributed by atoms with Crippen molar-refractivity contribution >= 4 is 38.1 Å². The van der Waals surface area contributed by atoms with E-state index in [0.717, 1.165) is 47.7 Å². The van der Waals surface area contributed by atoms with Crippen LogP contribution in [0.1, 0.15) is 15.4 Å². The first-order chi connectivity index (χ1) is 14.4. The molecule has 2 N–H and O–H groups in total. The number of rotatable bonds is 6. The Hall–Kier alpha value is -3.19. The highest BCUT2D eigenvalue weighted by molar-refractivity contribution is 7.93. The topological polar surface area (TPSA) is 97.4 Å². The van der Waals surface area contributed by atoms with Crippen molar-refractivity contribution in [2.24, 2.45) is 0 Å². The Kier molecular flexibility index (Phi) is 6.18. The quantitative estimate of drug-likeness (QED) is 0.510. The molecule has 2 aromatic carbocycles. The van der Waals surface area contributed by atoms with Gasteiger partial charge >= 0.3 is 6.36 Å². The van der Waals surface area contributed by atoms with Crippen molar-refractivity contribution in [1.82, 2.24) is 4.98 Å². The van der Waals surface area contributed by atoms with Gasteiger partial charge in [-0.2, -0.15) is 0 Å². The van der Waals surface area contributed by atoms with Crippen molar-refractivity contribution in [2.75, 3.05) is 10.0 Å². The summed E-state index contributed by atoms with van der Waals surface area (Å²) >= 11 is 0.762. The number of carbonyl (C=O) groups excluding carboxylic acids is 1. The SMILES string of the molecule is Cc1nc(NS(=O)(=O)c2ccc(F)cc2)sc1C(=O)Nc1ccc(OC(F)(F)F)cc1. The minimum absolute atomic E-state index is 0.0825. The first-order valence-corrected chi connectivity index (χ1v) is 10.7. The van der Waals surface area contributed by atoms with Gasteiger partial charge in [-0.05, 0) is 55.5 Å². The number of alkyl halides is 3. The second kappa shape index (κ2) is 8.51. The molecule has 0 radical (unpaired) electrons. The summed E-state index contributed by atoms with van der Waals surface area (Å²) in [7, 11) is -4.04. The average Bonchev–Trinajstić information content (AvgIpc) is 3.02. The molecule has 0 saturated carbocycles. The van der Waals surface area contributed by atoms with Gasteiger partial charge in [0, 0.05) is 5.69 Å². The van der Waals surface area contributed by atoms with Gasteiger partial charge in [0.25, 0.3) is 15.9 Å². The number of thiazole rings is 1. The van der Waals surface area contributed by atoms with E-state index < -0.39 is 33.9 Å². The number of hydrogen-bond acceptors (Lipinski definition) is 6. The Morgan fingerprint density at radius 3 is 2.26 bits per heavy atom. The largest absolute Gasteiger partial charge is 0.573 e. The summed E-state index contributed by atoms with van der Waals surface area (Å²) in [6.45, 7) is 1.49. The molecule has 1 aromatic heterocycles. The first-order valence-electron chi connectivity index (χ1n) is 8.36. The third kappa shape index (κ3) is 5.92. The van der Waals surface area contributed by atoms with Gasteiger partial charge in [0.15, 0.2) is 5.13 Å². The first kappa shape index (κ1) is 22.5. The zero-order chi connectivity index (χ0) is 22.8. The number of hydrogen-bond donors (Lipinski definition) is 2. The normalized spacial score (nSPS) is 11.8. The summed E-state index contributed by atoms with van der Waals surface area (Å²) in [4.78, 5) is 16.4. The summed E-state index contributed by atoms with van der Waals surface area (Å²) in [6, 6.07) is 8.64. The van der Waals surface area contributed by atoms with Crippen LogP contribution in [0.5, 0.6) is 5.75 Å². The molecule has 1 amide bonds. The molecule has 0 aliphatic rings. The van der Waals surface area contributed by atoms with E-state index in [1.54, 1.807) is 0 Å². The van der Waals surface area contributed by atoms with Crippen molar-refractivity contribution in [3.63, 3.8) is 0 Å². The fourth-order valence-electron chi connectivity index (χ4n) is 2.37. The molecule has 1 heterocycles. The molecular weight excluding hydrogens is 462 g/mol. The van der Waals surface area contributed by atoms with Gasteiger partial charge in [-0.15, -0.1) is 13.2 Å². The summed E-state index contributed by atoms with van der Waals surface area (Å²) in [5, 5.41) is 2.40. The molecule has 0 bridgehead atoms. The van der Waals surface area contributed by atoms with Gasteiger partial charge < -0.3 is 10.1 Å². The van der Waals surface area contributed by atoms with Gasteiger partial charge in [-0.3, -0.25) is 9.52 Å². The Bertz CT molecular complexity index is 1190. The molecule has 3 rings (SSSR count). The van der Waals surface area contributed by atoms with Crippen molar-refractivity contribution in [2.45, 2.75) is 18.2 Å². The number of anilines is 2. The molecule has 7 nitrogen and oxygen atoms in total. The van der Waals surface area contributed by atoms with Crippen molar-refractivity contribution in [1.29, 1.82) is 0 Å². The number of carbonyl (C=O) groups is 1. The van der Waals surface area contributed by atoms with Crippen LogP contribution in [-0.2, 0) is 10.0 Å². The number of ether oxygens (including phenoxy) is 1. The lowest BCUT2D eigenvalue weighted by Gasteiger charge is -2.09.